The van der Waals surface area contributed by atoms with Crippen molar-refractivity contribution in [3.05, 3.63) is 42.0 Å². The molecule has 1 heterocycles. The molecule has 27 heavy (non-hydrogen) atoms. The molecule has 4 atom stereocenters. The number of anilines is 1. The maximum absolute atomic E-state index is 12.9. The number of carbonyl (C=O) groups excluding carboxylic acids is 3. The summed E-state index contributed by atoms with van der Waals surface area (Å²) in [6.45, 7) is 5.58. The van der Waals surface area contributed by atoms with Gasteiger partial charge in [-0.1, -0.05) is 26.0 Å². The SMILES string of the molecule is CCCN(CCC)C(=O)c1ccc(N2C(=O)[C@@H]3[C@H](C2=O)[C@@H]2C=C[C@H]3C2)cc1. The molecule has 1 saturated heterocycles. The molecule has 2 bridgehead atoms. The molecule has 1 saturated carbocycles. The molecule has 5 heteroatoms. The zero-order valence-electron chi connectivity index (χ0n) is 15.9. The molecule has 142 valence electrons. The Hall–Kier alpha value is -2.43. The highest BCUT2D eigenvalue weighted by molar-refractivity contribution is 6.22. The number of rotatable bonds is 6. The van der Waals surface area contributed by atoms with Gasteiger partial charge in [-0.25, -0.2) is 0 Å². The zero-order chi connectivity index (χ0) is 19.1. The van der Waals surface area contributed by atoms with Crippen molar-refractivity contribution < 1.29 is 14.4 Å². The van der Waals surface area contributed by atoms with Crippen molar-refractivity contribution in [3.63, 3.8) is 0 Å². The number of hydrogen-bond donors (Lipinski definition) is 0. The van der Waals surface area contributed by atoms with E-state index in [-0.39, 0.29) is 41.4 Å². The maximum Gasteiger partial charge on any atom is 0.253 e. The molecule has 3 amide bonds. The number of hydrogen-bond acceptors (Lipinski definition) is 3. The van der Waals surface area contributed by atoms with E-state index in [9.17, 15) is 14.4 Å². The van der Waals surface area contributed by atoms with Crippen molar-refractivity contribution in [2.45, 2.75) is 33.1 Å². The molecule has 1 aromatic rings. The van der Waals surface area contributed by atoms with Crippen LogP contribution in [0.25, 0.3) is 0 Å². The number of imide groups is 1. The summed E-state index contributed by atoms with van der Waals surface area (Å²) < 4.78 is 0. The third-order valence-corrected chi connectivity index (χ3v) is 6.12. The average Bonchev–Trinajstić information content (AvgIpc) is 3.35. The van der Waals surface area contributed by atoms with Crippen LogP contribution in [0, 0.1) is 23.7 Å². The van der Waals surface area contributed by atoms with E-state index in [4.69, 9.17) is 0 Å². The van der Waals surface area contributed by atoms with Crippen LogP contribution in [0.15, 0.2) is 36.4 Å². The van der Waals surface area contributed by atoms with Crippen LogP contribution in [0.1, 0.15) is 43.5 Å². The van der Waals surface area contributed by atoms with Crippen molar-refractivity contribution in [2.24, 2.45) is 23.7 Å². The van der Waals surface area contributed by atoms with Gasteiger partial charge in [0, 0.05) is 18.7 Å². The normalized spacial score (nSPS) is 28.1. The van der Waals surface area contributed by atoms with Gasteiger partial charge in [0.05, 0.1) is 17.5 Å². The Kier molecular flexibility index (Phi) is 4.62. The van der Waals surface area contributed by atoms with E-state index in [0.717, 1.165) is 32.4 Å². The van der Waals surface area contributed by atoms with Gasteiger partial charge in [0.15, 0.2) is 0 Å². The first-order chi connectivity index (χ1) is 13.1. The van der Waals surface area contributed by atoms with Crippen LogP contribution in [0.4, 0.5) is 5.69 Å². The zero-order valence-corrected chi connectivity index (χ0v) is 15.9. The third kappa shape index (κ3) is 2.80. The highest BCUT2D eigenvalue weighted by Crippen LogP contribution is 2.53. The van der Waals surface area contributed by atoms with Gasteiger partial charge in [-0.15, -0.1) is 0 Å². The Morgan fingerprint density at radius 3 is 1.96 bits per heavy atom. The molecule has 3 aliphatic rings. The summed E-state index contributed by atoms with van der Waals surface area (Å²) in [4.78, 5) is 41.7. The number of benzene rings is 1. The molecule has 2 fully saturated rings. The van der Waals surface area contributed by atoms with Gasteiger partial charge in [-0.3, -0.25) is 19.3 Å². The lowest BCUT2D eigenvalue weighted by Crippen LogP contribution is -2.33. The second-order valence-electron chi connectivity index (χ2n) is 7.85. The van der Waals surface area contributed by atoms with E-state index in [0.29, 0.717) is 11.3 Å². The molecule has 1 aromatic carbocycles. The lowest BCUT2D eigenvalue weighted by atomic mass is 9.85. The first-order valence-electron chi connectivity index (χ1n) is 10.0. The minimum Gasteiger partial charge on any atom is -0.339 e. The summed E-state index contributed by atoms with van der Waals surface area (Å²) in [5.41, 5.74) is 1.18. The third-order valence-electron chi connectivity index (χ3n) is 6.12. The highest BCUT2D eigenvalue weighted by Gasteiger charge is 2.59. The van der Waals surface area contributed by atoms with Crippen LogP contribution in [0.3, 0.4) is 0 Å². The van der Waals surface area contributed by atoms with Crippen LogP contribution in [-0.2, 0) is 9.59 Å². The van der Waals surface area contributed by atoms with Gasteiger partial charge in [-0.2, -0.15) is 0 Å². The number of nitrogens with zero attached hydrogens (tertiary/aromatic N) is 2. The summed E-state index contributed by atoms with van der Waals surface area (Å²) in [6.07, 6.45) is 6.95. The molecule has 1 aliphatic heterocycles. The Bertz CT molecular complexity index is 762. The number of amides is 3. The standard InChI is InChI=1S/C22H26N2O3/c1-3-11-23(12-4-2)20(25)14-7-9-17(10-8-14)24-21(26)18-15-5-6-16(13-15)19(18)22(24)27/h5-10,15-16,18-19H,3-4,11-13H2,1-2H3/t15-,16+,18-,19+. The number of carbonyl (C=O) groups is 3. The fraction of sp³-hybridized carbons (Fsp3) is 0.500. The summed E-state index contributed by atoms with van der Waals surface area (Å²) in [7, 11) is 0. The summed E-state index contributed by atoms with van der Waals surface area (Å²) in [6, 6.07) is 6.93. The van der Waals surface area contributed by atoms with E-state index < -0.39 is 0 Å². The van der Waals surface area contributed by atoms with E-state index in [1.54, 1.807) is 24.3 Å². The van der Waals surface area contributed by atoms with Crippen molar-refractivity contribution >= 4 is 23.4 Å². The molecule has 4 rings (SSSR count). The fourth-order valence-electron chi connectivity index (χ4n) is 4.95. The Balaban J connectivity index is 1.54. The largest absolute Gasteiger partial charge is 0.339 e. The van der Waals surface area contributed by atoms with Crippen LogP contribution >= 0.6 is 0 Å². The molecule has 2 aliphatic carbocycles. The van der Waals surface area contributed by atoms with Crippen molar-refractivity contribution in [3.8, 4) is 0 Å². The predicted molar refractivity (Wildman–Crippen MR) is 103 cm³/mol. The molecule has 0 radical (unpaired) electrons. The quantitative estimate of drug-likeness (QED) is 0.574. The predicted octanol–water partition coefficient (Wildman–Crippen LogP) is 3.26. The van der Waals surface area contributed by atoms with Crippen LogP contribution in [-0.4, -0.2) is 35.7 Å². The van der Waals surface area contributed by atoms with Crippen molar-refractivity contribution in [1.29, 1.82) is 0 Å². The van der Waals surface area contributed by atoms with Crippen LogP contribution in [0.5, 0.6) is 0 Å². The van der Waals surface area contributed by atoms with E-state index >= 15 is 0 Å². The molecule has 0 aromatic heterocycles. The summed E-state index contributed by atoms with van der Waals surface area (Å²) in [5, 5.41) is 0. The van der Waals surface area contributed by atoms with Gasteiger partial charge in [0.25, 0.3) is 5.91 Å². The molecule has 0 unspecified atom stereocenters. The van der Waals surface area contributed by atoms with E-state index in [1.807, 2.05) is 4.90 Å². The first kappa shape index (κ1) is 18.0. The fourth-order valence-corrected chi connectivity index (χ4v) is 4.95. The Morgan fingerprint density at radius 1 is 0.963 bits per heavy atom. The minimum absolute atomic E-state index is 0.00318. The van der Waals surface area contributed by atoms with Crippen LogP contribution < -0.4 is 4.90 Å². The number of fused-ring (bicyclic) bond motifs is 5. The average molecular weight is 366 g/mol. The Morgan fingerprint density at radius 2 is 1.48 bits per heavy atom. The van der Waals surface area contributed by atoms with Crippen molar-refractivity contribution in [1.82, 2.24) is 4.90 Å². The second-order valence-corrected chi connectivity index (χ2v) is 7.85. The molecule has 0 N–H and O–H groups in total. The molecule has 0 spiro atoms. The summed E-state index contributed by atoms with van der Waals surface area (Å²) in [5.74, 6) is -0.141. The lowest BCUT2D eigenvalue weighted by Gasteiger charge is -2.22. The smallest absolute Gasteiger partial charge is 0.253 e. The van der Waals surface area contributed by atoms with Crippen LogP contribution in [0.2, 0.25) is 0 Å². The van der Waals surface area contributed by atoms with Gasteiger partial charge < -0.3 is 4.90 Å². The topological polar surface area (TPSA) is 57.7 Å². The van der Waals surface area contributed by atoms with Gasteiger partial charge in [0.1, 0.15) is 0 Å². The molecular weight excluding hydrogens is 340 g/mol. The Labute approximate surface area is 160 Å². The highest BCUT2D eigenvalue weighted by atomic mass is 16.2. The van der Waals surface area contributed by atoms with Crippen molar-refractivity contribution in [2.75, 3.05) is 18.0 Å². The van der Waals surface area contributed by atoms with E-state index in [1.165, 1.54) is 4.90 Å². The monoisotopic (exact) mass is 366 g/mol. The van der Waals surface area contributed by atoms with E-state index in [2.05, 4.69) is 26.0 Å². The number of allylic oxidation sites excluding steroid dienone is 2. The minimum atomic E-state index is -0.196. The van der Waals surface area contributed by atoms with Gasteiger partial charge in [-0.05, 0) is 55.4 Å². The second kappa shape index (κ2) is 6.95. The van der Waals surface area contributed by atoms with Gasteiger partial charge in [0.2, 0.25) is 11.8 Å². The maximum atomic E-state index is 12.9. The molecular formula is C22H26N2O3. The molecule has 5 nitrogen and oxygen atoms in total. The first-order valence-corrected chi connectivity index (χ1v) is 10.0. The lowest BCUT2D eigenvalue weighted by molar-refractivity contribution is -0.123. The van der Waals surface area contributed by atoms with Gasteiger partial charge >= 0.3 is 0 Å². The summed E-state index contributed by atoms with van der Waals surface area (Å²) >= 11 is 0.